The number of likely N-dealkylation sites (tertiary alicyclic amines) is 1. The Labute approximate surface area is 166 Å². The number of benzene rings is 1. The average molecular weight is 383 g/mol. The summed E-state index contributed by atoms with van der Waals surface area (Å²) in [6, 6.07) is 10.3. The van der Waals surface area contributed by atoms with E-state index in [2.05, 4.69) is 34.6 Å². The third-order valence-corrected chi connectivity index (χ3v) is 5.19. The van der Waals surface area contributed by atoms with E-state index in [0.29, 0.717) is 32.5 Å². The van der Waals surface area contributed by atoms with Gasteiger partial charge in [-0.1, -0.05) is 37.3 Å². The third-order valence-electron chi connectivity index (χ3n) is 5.19. The third kappa shape index (κ3) is 5.41. The van der Waals surface area contributed by atoms with E-state index in [1.54, 1.807) is 6.33 Å². The number of rotatable bonds is 9. The number of hydrogen-bond acceptors (Lipinski definition) is 4. The van der Waals surface area contributed by atoms with Crippen LogP contribution in [0.1, 0.15) is 44.0 Å². The van der Waals surface area contributed by atoms with Gasteiger partial charge in [-0.15, -0.1) is 10.2 Å². The molecule has 0 radical (unpaired) electrons. The molecule has 28 heavy (non-hydrogen) atoms. The maximum atomic E-state index is 12.6. The molecule has 1 saturated heterocycles. The summed E-state index contributed by atoms with van der Waals surface area (Å²) in [4.78, 5) is 26.7. The van der Waals surface area contributed by atoms with Crippen LogP contribution < -0.4 is 5.32 Å². The number of piperidine rings is 1. The number of nitrogens with one attached hydrogen (secondary N) is 1. The zero-order valence-electron chi connectivity index (χ0n) is 16.5. The number of carbonyl (C=O) groups is 2. The van der Waals surface area contributed by atoms with Crippen molar-refractivity contribution >= 4 is 11.8 Å². The van der Waals surface area contributed by atoms with Gasteiger partial charge in [-0.25, -0.2) is 0 Å². The van der Waals surface area contributed by atoms with Crippen LogP contribution in [0.5, 0.6) is 0 Å². The maximum Gasteiger partial charge on any atom is 0.225 e. The molecule has 1 aliphatic heterocycles. The second-order valence-electron chi connectivity index (χ2n) is 7.32. The molecule has 0 saturated carbocycles. The second kappa shape index (κ2) is 10.0. The van der Waals surface area contributed by atoms with Gasteiger partial charge < -0.3 is 14.8 Å². The fraction of sp³-hybridized carbons (Fsp3) is 0.524. The van der Waals surface area contributed by atoms with Gasteiger partial charge in [0.15, 0.2) is 5.82 Å². The SMILES string of the molecule is CCCn1cnnc1CNC(=O)[C@@H]1CCC(=O)N(CCCc2ccccc2)C1. The average Bonchev–Trinajstić information content (AvgIpc) is 3.16. The van der Waals surface area contributed by atoms with Crippen molar-refractivity contribution in [2.24, 2.45) is 5.92 Å². The quantitative estimate of drug-likeness (QED) is 0.720. The smallest absolute Gasteiger partial charge is 0.225 e. The van der Waals surface area contributed by atoms with Crippen LogP contribution in [-0.4, -0.2) is 44.6 Å². The van der Waals surface area contributed by atoms with Crippen molar-refractivity contribution in [3.8, 4) is 0 Å². The van der Waals surface area contributed by atoms with Crippen LogP contribution in [0.4, 0.5) is 0 Å². The predicted molar refractivity (Wildman–Crippen MR) is 106 cm³/mol. The molecule has 0 spiro atoms. The molecule has 3 rings (SSSR count). The van der Waals surface area contributed by atoms with Crippen LogP contribution in [0.3, 0.4) is 0 Å². The van der Waals surface area contributed by atoms with Crippen molar-refractivity contribution in [3.05, 3.63) is 48.0 Å². The Hall–Kier alpha value is -2.70. The first kappa shape index (κ1) is 20.0. The van der Waals surface area contributed by atoms with Crippen LogP contribution in [0.25, 0.3) is 0 Å². The number of nitrogens with zero attached hydrogens (tertiary/aromatic N) is 4. The number of carbonyl (C=O) groups excluding carboxylic acids is 2. The molecule has 7 nitrogen and oxygen atoms in total. The Bertz CT molecular complexity index is 774. The lowest BCUT2D eigenvalue weighted by Gasteiger charge is -2.32. The Morgan fingerprint density at radius 2 is 2.07 bits per heavy atom. The highest BCUT2D eigenvalue weighted by molar-refractivity contribution is 5.83. The molecule has 1 aromatic carbocycles. The number of aryl methyl sites for hydroxylation is 2. The molecule has 1 N–H and O–H groups in total. The number of aromatic nitrogens is 3. The van der Waals surface area contributed by atoms with Gasteiger partial charge >= 0.3 is 0 Å². The van der Waals surface area contributed by atoms with Crippen LogP contribution >= 0.6 is 0 Å². The van der Waals surface area contributed by atoms with E-state index in [1.807, 2.05) is 27.7 Å². The largest absolute Gasteiger partial charge is 0.348 e. The van der Waals surface area contributed by atoms with E-state index in [9.17, 15) is 9.59 Å². The zero-order chi connectivity index (χ0) is 19.8. The van der Waals surface area contributed by atoms with E-state index in [0.717, 1.165) is 31.6 Å². The fourth-order valence-electron chi connectivity index (χ4n) is 3.62. The van der Waals surface area contributed by atoms with Crippen molar-refractivity contribution in [1.82, 2.24) is 25.0 Å². The van der Waals surface area contributed by atoms with Gasteiger partial charge in [0.1, 0.15) is 6.33 Å². The Morgan fingerprint density at radius 3 is 2.86 bits per heavy atom. The lowest BCUT2D eigenvalue weighted by atomic mass is 9.96. The number of amides is 2. The fourth-order valence-corrected chi connectivity index (χ4v) is 3.62. The van der Waals surface area contributed by atoms with E-state index < -0.39 is 0 Å². The van der Waals surface area contributed by atoms with Crippen molar-refractivity contribution in [3.63, 3.8) is 0 Å². The van der Waals surface area contributed by atoms with Crippen LogP contribution in [0, 0.1) is 5.92 Å². The van der Waals surface area contributed by atoms with Crippen molar-refractivity contribution in [1.29, 1.82) is 0 Å². The first-order valence-corrected chi connectivity index (χ1v) is 10.1. The molecular weight excluding hydrogens is 354 g/mol. The van der Waals surface area contributed by atoms with Crippen LogP contribution in [-0.2, 0) is 29.1 Å². The molecule has 0 bridgehead atoms. The van der Waals surface area contributed by atoms with Gasteiger partial charge in [-0.2, -0.15) is 0 Å². The molecule has 1 aromatic heterocycles. The lowest BCUT2D eigenvalue weighted by molar-refractivity contribution is -0.138. The molecule has 2 amide bonds. The van der Waals surface area contributed by atoms with Gasteiger partial charge in [-0.05, 0) is 31.2 Å². The van der Waals surface area contributed by atoms with E-state index >= 15 is 0 Å². The van der Waals surface area contributed by atoms with Crippen molar-refractivity contribution in [2.75, 3.05) is 13.1 Å². The summed E-state index contributed by atoms with van der Waals surface area (Å²) in [6.45, 7) is 4.50. The van der Waals surface area contributed by atoms with Gasteiger partial charge in [0.2, 0.25) is 11.8 Å². The molecule has 1 aliphatic rings. The van der Waals surface area contributed by atoms with Gasteiger partial charge in [0.05, 0.1) is 12.5 Å². The highest BCUT2D eigenvalue weighted by Crippen LogP contribution is 2.19. The maximum absolute atomic E-state index is 12.6. The van der Waals surface area contributed by atoms with E-state index in [4.69, 9.17) is 0 Å². The molecule has 0 unspecified atom stereocenters. The predicted octanol–water partition coefficient (Wildman–Crippen LogP) is 2.18. The van der Waals surface area contributed by atoms with Gasteiger partial charge in [-0.3, -0.25) is 9.59 Å². The summed E-state index contributed by atoms with van der Waals surface area (Å²) in [6.07, 6.45) is 5.58. The van der Waals surface area contributed by atoms with Crippen LogP contribution in [0.15, 0.2) is 36.7 Å². The first-order chi connectivity index (χ1) is 13.7. The topological polar surface area (TPSA) is 80.1 Å². The molecule has 1 atom stereocenters. The Morgan fingerprint density at radius 1 is 1.25 bits per heavy atom. The highest BCUT2D eigenvalue weighted by atomic mass is 16.2. The highest BCUT2D eigenvalue weighted by Gasteiger charge is 2.29. The second-order valence-corrected chi connectivity index (χ2v) is 7.32. The van der Waals surface area contributed by atoms with E-state index in [-0.39, 0.29) is 17.7 Å². The summed E-state index contributed by atoms with van der Waals surface area (Å²) in [5.41, 5.74) is 1.28. The summed E-state index contributed by atoms with van der Waals surface area (Å²) in [7, 11) is 0. The van der Waals surface area contributed by atoms with Crippen molar-refractivity contribution < 1.29 is 9.59 Å². The minimum atomic E-state index is -0.156. The van der Waals surface area contributed by atoms with Crippen molar-refractivity contribution in [2.45, 2.75) is 52.1 Å². The normalized spacial score (nSPS) is 17.0. The lowest BCUT2D eigenvalue weighted by Crippen LogP contribution is -2.46. The monoisotopic (exact) mass is 383 g/mol. The molecule has 7 heteroatoms. The summed E-state index contributed by atoms with van der Waals surface area (Å²) in [5, 5.41) is 11.0. The van der Waals surface area contributed by atoms with Crippen LogP contribution in [0.2, 0.25) is 0 Å². The minimum absolute atomic E-state index is 0.00777. The Balaban J connectivity index is 1.46. The number of hydrogen-bond donors (Lipinski definition) is 1. The molecular formula is C21H29N5O2. The summed E-state index contributed by atoms with van der Waals surface area (Å²) < 4.78 is 1.96. The Kier molecular flexibility index (Phi) is 7.17. The molecule has 2 heterocycles. The molecule has 2 aromatic rings. The van der Waals surface area contributed by atoms with Gasteiger partial charge in [0, 0.05) is 26.1 Å². The van der Waals surface area contributed by atoms with E-state index in [1.165, 1.54) is 5.56 Å². The summed E-state index contributed by atoms with van der Waals surface area (Å²) >= 11 is 0. The molecule has 150 valence electrons. The van der Waals surface area contributed by atoms with Gasteiger partial charge in [0.25, 0.3) is 0 Å². The first-order valence-electron chi connectivity index (χ1n) is 10.1. The minimum Gasteiger partial charge on any atom is -0.348 e. The molecule has 0 aliphatic carbocycles. The zero-order valence-corrected chi connectivity index (χ0v) is 16.5. The molecule has 1 fully saturated rings. The standard InChI is InChI=1S/C21H29N5O2/c1-2-12-26-16-23-24-19(26)14-22-21(28)18-10-11-20(27)25(15-18)13-6-9-17-7-4-3-5-8-17/h3-5,7-8,16,18H,2,6,9-15H2,1H3,(H,22,28)/t18-/m1/s1. The summed E-state index contributed by atoms with van der Waals surface area (Å²) in [5.74, 6) is 0.755.